The van der Waals surface area contributed by atoms with Gasteiger partial charge in [0.1, 0.15) is 16.8 Å². The first kappa shape index (κ1) is 17.2. The van der Waals surface area contributed by atoms with Gasteiger partial charge in [0, 0.05) is 18.8 Å². The number of anilines is 1. The van der Waals surface area contributed by atoms with Crippen LogP contribution in [0.3, 0.4) is 0 Å². The second kappa shape index (κ2) is 7.16. The van der Waals surface area contributed by atoms with E-state index in [4.69, 9.17) is 9.47 Å². The van der Waals surface area contributed by atoms with Gasteiger partial charge in [-0.05, 0) is 24.1 Å². The monoisotopic (exact) mass is 365 g/mol. The number of amides is 1. The standard InChI is InChI=1S/C19H19N5O3/c1-24-11-13(9-21-24)19(25)23-16-10-20-17-14(12-5-7-27-8-6-12)3-4-15(26-2)18(17)22-16/h3-5,9-11H,6-8H2,1-2H3,(H,22,23,25). The average Bonchev–Trinajstić information content (AvgIpc) is 3.14. The molecule has 0 fully saturated rings. The molecule has 1 N–H and O–H groups in total. The molecular formula is C19H19N5O3. The van der Waals surface area contributed by atoms with Crippen LogP contribution in [-0.2, 0) is 11.8 Å². The van der Waals surface area contributed by atoms with E-state index in [9.17, 15) is 4.79 Å². The number of fused-ring (bicyclic) bond motifs is 1. The predicted octanol–water partition coefficient (Wildman–Crippen LogP) is 2.43. The lowest BCUT2D eigenvalue weighted by atomic mass is 9.99. The van der Waals surface area contributed by atoms with Crippen LogP contribution in [-0.4, -0.2) is 46.0 Å². The summed E-state index contributed by atoms with van der Waals surface area (Å²) in [6, 6.07) is 3.86. The van der Waals surface area contributed by atoms with Gasteiger partial charge < -0.3 is 14.8 Å². The number of carbonyl (C=O) groups is 1. The zero-order valence-electron chi connectivity index (χ0n) is 15.1. The summed E-state index contributed by atoms with van der Waals surface area (Å²) in [4.78, 5) is 21.5. The molecule has 1 aliphatic rings. The van der Waals surface area contributed by atoms with Crippen LogP contribution < -0.4 is 10.1 Å². The van der Waals surface area contributed by atoms with Crippen molar-refractivity contribution in [2.75, 3.05) is 25.6 Å². The molecule has 0 saturated heterocycles. The zero-order chi connectivity index (χ0) is 18.8. The van der Waals surface area contributed by atoms with Crippen LogP contribution in [0.2, 0.25) is 0 Å². The molecule has 2 aromatic heterocycles. The minimum atomic E-state index is -0.293. The number of nitrogens with zero attached hydrogens (tertiary/aromatic N) is 4. The van der Waals surface area contributed by atoms with E-state index in [1.165, 1.54) is 11.8 Å². The molecule has 1 aliphatic heterocycles. The first-order valence-corrected chi connectivity index (χ1v) is 8.56. The molecule has 0 spiro atoms. The molecule has 0 bridgehead atoms. The van der Waals surface area contributed by atoms with E-state index in [-0.39, 0.29) is 5.91 Å². The lowest BCUT2D eigenvalue weighted by molar-refractivity contribution is 0.102. The minimum absolute atomic E-state index is 0.293. The summed E-state index contributed by atoms with van der Waals surface area (Å²) in [6.45, 7) is 1.28. The third-order valence-corrected chi connectivity index (χ3v) is 4.40. The fourth-order valence-electron chi connectivity index (χ4n) is 3.06. The van der Waals surface area contributed by atoms with E-state index >= 15 is 0 Å². The van der Waals surface area contributed by atoms with Gasteiger partial charge in [-0.1, -0.05) is 6.08 Å². The first-order chi connectivity index (χ1) is 13.2. The van der Waals surface area contributed by atoms with Crippen LogP contribution >= 0.6 is 0 Å². The topological polar surface area (TPSA) is 91.2 Å². The van der Waals surface area contributed by atoms with Crippen LogP contribution in [0.25, 0.3) is 16.6 Å². The maximum atomic E-state index is 12.3. The van der Waals surface area contributed by atoms with Crippen molar-refractivity contribution in [2.24, 2.45) is 7.05 Å². The Kier molecular flexibility index (Phi) is 4.55. The van der Waals surface area contributed by atoms with E-state index < -0.39 is 0 Å². The Bertz CT molecular complexity index is 1040. The van der Waals surface area contributed by atoms with Crippen LogP contribution in [0.5, 0.6) is 5.75 Å². The van der Waals surface area contributed by atoms with E-state index in [2.05, 4.69) is 26.5 Å². The van der Waals surface area contributed by atoms with Gasteiger partial charge in [-0.2, -0.15) is 5.10 Å². The molecule has 0 saturated carbocycles. The van der Waals surface area contributed by atoms with Crippen molar-refractivity contribution in [1.82, 2.24) is 19.7 Å². The highest BCUT2D eigenvalue weighted by molar-refractivity contribution is 6.04. The van der Waals surface area contributed by atoms with E-state index in [1.54, 1.807) is 31.2 Å². The predicted molar refractivity (Wildman–Crippen MR) is 101 cm³/mol. The molecule has 138 valence electrons. The Morgan fingerprint density at radius 3 is 2.89 bits per heavy atom. The van der Waals surface area contributed by atoms with Crippen molar-refractivity contribution >= 4 is 28.3 Å². The van der Waals surface area contributed by atoms with Gasteiger partial charge in [-0.25, -0.2) is 9.97 Å². The molecule has 3 aromatic rings. The summed E-state index contributed by atoms with van der Waals surface area (Å²) in [5, 5.41) is 6.76. The molecule has 1 amide bonds. The summed E-state index contributed by atoms with van der Waals surface area (Å²) >= 11 is 0. The molecule has 3 heterocycles. The van der Waals surface area contributed by atoms with Gasteiger partial charge in [0.05, 0.1) is 38.3 Å². The zero-order valence-corrected chi connectivity index (χ0v) is 15.1. The van der Waals surface area contributed by atoms with Gasteiger partial charge in [0.25, 0.3) is 5.91 Å². The molecule has 1 aromatic carbocycles. The lowest BCUT2D eigenvalue weighted by Gasteiger charge is -2.16. The largest absolute Gasteiger partial charge is 0.494 e. The second-order valence-electron chi connectivity index (χ2n) is 6.18. The fourth-order valence-corrected chi connectivity index (χ4v) is 3.06. The highest BCUT2D eigenvalue weighted by atomic mass is 16.5. The molecule has 0 aliphatic carbocycles. The van der Waals surface area contributed by atoms with Crippen LogP contribution in [0, 0.1) is 0 Å². The summed E-state index contributed by atoms with van der Waals surface area (Å²) in [6.07, 6.45) is 7.58. The Labute approximate surface area is 155 Å². The molecule has 8 nitrogen and oxygen atoms in total. The molecule has 4 rings (SSSR count). The average molecular weight is 365 g/mol. The number of benzene rings is 1. The third kappa shape index (κ3) is 3.39. The Morgan fingerprint density at radius 1 is 1.30 bits per heavy atom. The summed E-state index contributed by atoms with van der Waals surface area (Å²) in [5.41, 5.74) is 3.97. The van der Waals surface area contributed by atoms with E-state index in [0.717, 1.165) is 17.5 Å². The number of nitrogens with one attached hydrogen (secondary N) is 1. The number of hydrogen-bond acceptors (Lipinski definition) is 6. The highest BCUT2D eigenvalue weighted by Crippen LogP contribution is 2.32. The van der Waals surface area contributed by atoms with Crippen molar-refractivity contribution in [3.05, 3.63) is 47.9 Å². The maximum absolute atomic E-state index is 12.3. The van der Waals surface area contributed by atoms with Crippen LogP contribution in [0.1, 0.15) is 22.3 Å². The number of carbonyl (C=O) groups excluding carboxylic acids is 1. The van der Waals surface area contributed by atoms with E-state index in [1.807, 2.05) is 12.1 Å². The number of hydrogen-bond donors (Lipinski definition) is 1. The number of ether oxygens (including phenoxy) is 2. The molecule has 8 heteroatoms. The lowest BCUT2D eigenvalue weighted by Crippen LogP contribution is -2.13. The number of rotatable bonds is 4. The highest BCUT2D eigenvalue weighted by Gasteiger charge is 2.16. The van der Waals surface area contributed by atoms with Crippen molar-refractivity contribution in [2.45, 2.75) is 6.42 Å². The van der Waals surface area contributed by atoms with Gasteiger partial charge >= 0.3 is 0 Å². The summed E-state index contributed by atoms with van der Waals surface area (Å²) in [7, 11) is 3.34. The van der Waals surface area contributed by atoms with Crippen LogP contribution in [0.15, 0.2) is 36.8 Å². The second-order valence-corrected chi connectivity index (χ2v) is 6.18. The number of methoxy groups -OCH3 is 1. The van der Waals surface area contributed by atoms with Gasteiger partial charge in [0.15, 0.2) is 5.82 Å². The Balaban J connectivity index is 1.72. The normalized spacial score (nSPS) is 14.1. The molecule has 27 heavy (non-hydrogen) atoms. The molecule has 0 unspecified atom stereocenters. The van der Waals surface area contributed by atoms with Gasteiger partial charge in [-0.15, -0.1) is 0 Å². The maximum Gasteiger partial charge on any atom is 0.260 e. The quantitative estimate of drug-likeness (QED) is 0.764. The molecule has 0 radical (unpaired) electrons. The Morgan fingerprint density at radius 2 is 2.19 bits per heavy atom. The van der Waals surface area contributed by atoms with Crippen molar-refractivity contribution in [3.8, 4) is 5.75 Å². The van der Waals surface area contributed by atoms with Crippen molar-refractivity contribution in [3.63, 3.8) is 0 Å². The van der Waals surface area contributed by atoms with Crippen molar-refractivity contribution < 1.29 is 14.3 Å². The third-order valence-electron chi connectivity index (χ3n) is 4.40. The smallest absolute Gasteiger partial charge is 0.260 e. The SMILES string of the molecule is COc1ccc(C2=CCOCC2)c2ncc(NC(=O)c3cnn(C)c3)nc12. The minimum Gasteiger partial charge on any atom is -0.494 e. The first-order valence-electron chi connectivity index (χ1n) is 8.56. The summed E-state index contributed by atoms with van der Waals surface area (Å²) in [5.74, 6) is 0.665. The molecule has 0 atom stereocenters. The van der Waals surface area contributed by atoms with Gasteiger partial charge in [0.2, 0.25) is 0 Å². The van der Waals surface area contributed by atoms with E-state index in [0.29, 0.717) is 35.9 Å². The molecular weight excluding hydrogens is 346 g/mol. The summed E-state index contributed by atoms with van der Waals surface area (Å²) < 4.78 is 12.4. The number of aryl methyl sites for hydroxylation is 1. The number of aromatic nitrogens is 4. The fraction of sp³-hybridized carbons (Fsp3) is 0.263. The van der Waals surface area contributed by atoms with Crippen LogP contribution in [0.4, 0.5) is 5.82 Å². The van der Waals surface area contributed by atoms with Crippen molar-refractivity contribution in [1.29, 1.82) is 0 Å². The van der Waals surface area contributed by atoms with Gasteiger partial charge in [-0.3, -0.25) is 9.48 Å². The Hall–Kier alpha value is -3.26.